The summed E-state index contributed by atoms with van der Waals surface area (Å²) in [6.45, 7) is 12.9. The number of hydrogen-bond acceptors (Lipinski definition) is 10. The third-order valence-electron chi connectivity index (χ3n) is 7.73. The summed E-state index contributed by atoms with van der Waals surface area (Å²) >= 11 is 0. The number of benzene rings is 1. The second-order valence-electron chi connectivity index (χ2n) is 12.2. The first-order chi connectivity index (χ1) is 19.6. The highest BCUT2D eigenvalue weighted by atomic mass is 32.2. The summed E-state index contributed by atoms with van der Waals surface area (Å²) in [6, 6.07) is 7.27. The summed E-state index contributed by atoms with van der Waals surface area (Å²) in [5.74, 6) is 0.876. The van der Waals surface area contributed by atoms with E-state index in [4.69, 9.17) is 14.5 Å². The molecule has 3 aromatic rings. The van der Waals surface area contributed by atoms with Crippen LogP contribution in [0.4, 0.5) is 27.8 Å². The van der Waals surface area contributed by atoms with Crippen LogP contribution in [0.1, 0.15) is 57.0 Å². The van der Waals surface area contributed by atoms with Gasteiger partial charge in [-0.3, -0.25) is 4.90 Å². The summed E-state index contributed by atoms with van der Waals surface area (Å²) in [5.41, 5.74) is 5.23. The molecule has 2 aliphatic rings. The van der Waals surface area contributed by atoms with E-state index in [0.29, 0.717) is 42.8 Å². The maximum Gasteiger partial charge on any atom is 0.415 e. The Labute approximate surface area is 247 Å². The molecule has 0 aliphatic carbocycles. The summed E-state index contributed by atoms with van der Waals surface area (Å²) in [6.07, 6.45) is 5.22. The Balaban J connectivity index is 1.36. The molecule has 2 aromatic heterocycles. The van der Waals surface area contributed by atoms with E-state index in [-0.39, 0.29) is 0 Å². The number of carbonyl (C=O) groups excluding carboxylic acids is 1. The van der Waals surface area contributed by atoms with Crippen molar-refractivity contribution in [2.24, 2.45) is 0 Å². The Morgan fingerprint density at radius 1 is 1.05 bits per heavy atom. The topological polar surface area (TPSA) is 127 Å². The van der Waals surface area contributed by atoms with E-state index < -0.39 is 26.3 Å². The second-order valence-corrected chi connectivity index (χ2v) is 14.8. The van der Waals surface area contributed by atoms with Crippen molar-refractivity contribution in [3.05, 3.63) is 59.0 Å². The Kier molecular flexibility index (Phi) is 7.55. The highest BCUT2D eigenvalue weighted by molar-refractivity contribution is 7.91. The van der Waals surface area contributed by atoms with E-state index in [1.807, 2.05) is 46.0 Å². The molecule has 224 valence electrons. The molecular formula is C30H38N6O5S. The smallest absolute Gasteiger partial charge is 0.415 e. The van der Waals surface area contributed by atoms with Crippen LogP contribution < -0.4 is 19.9 Å². The molecule has 5 rings (SSSR count). The number of carbonyl (C=O) groups is 1. The van der Waals surface area contributed by atoms with Crippen LogP contribution in [-0.4, -0.2) is 61.0 Å². The molecular weight excluding hydrogens is 556 g/mol. The van der Waals surface area contributed by atoms with E-state index in [2.05, 4.69) is 20.2 Å². The van der Waals surface area contributed by atoms with Crippen LogP contribution >= 0.6 is 0 Å². The van der Waals surface area contributed by atoms with Crippen molar-refractivity contribution in [2.75, 3.05) is 41.1 Å². The van der Waals surface area contributed by atoms with Gasteiger partial charge in [-0.05, 0) is 71.2 Å². The van der Waals surface area contributed by atoms with Crippen molar-refractivity contribution >= 4 is 38.9 Å². The van der Waals surface area contributed by atoms with Gasteiger partial charge in [-0.15, -0.1) is 0 Å². The van der Waals surface area contributed by atoms with Gasteiger partial charge < -0.3 is 19.7 Å². The van der Waals surface area contributed by atoms with Gasteiger partial charge in [-0.2, -0.15) is 0 Å². The van der Waals surface area contributed by atoms with Gasteiger partial charge in [0.1, 0.15) is 17.9 Å². The Hall–Kier alpha value is -3.93. The number of sulfone groups is 1. The third kappa shape index (κ3) is 5.85. The van der Waals surface area contributed by atoms with Gasteiger partial charge in [0, 0.05) is 30.2 Å². The monoisotopic (exact) mass is 594 g/mol. The fraction of sp³-hybridized carbons (Fsp3) is 0.467. The summed E-state index contributed by atoms with van der Waals surface area (Å²) < 4.78 is 34.9. The number of fused-ring (bicyclic) bond motifs is 2. The molecule has 12 heteroatoms. The number of ether oxygens (including phenoxy) is 2. The molecule has 0 atom stereocenters. The summed E-state index contributed by atoms with van der Waals surface area (Å²) in [4.78, 5) is 30.7. The van der Waals surface area contributed by atoms with Crippen LogP contribution in [0.2, 0.25) is 0 Å². The number of hydrogen-bond donors (Lipinski definition) is 1. The van der Waals surface area contributed by atoms with Crippen molar-refractivity contribution < 1.29 is 22.7 Å². The van der Waals surface area contributed by atoms with Gasteiger partial charge in [0.05, 0.1) is 35.4 Å². The quantitative estimate of drug-likeness (QED) is 0.436. The van der Waals surface area contributed by atoms with Gasteiger partial charge in [-0.1, -0.05) is 12.1 Å². The van der Waals surface area contributed by atoms with E-state index in [9.17, 15) is 13.2 Å². The van der Waals surface area contributed by atoms with E-state index in [1.54, 1.807) is 37.1 Å². The highest BCUT2D eigenvalue weighted by Crippen LogP contribution is 2.40. The minimum atomic E-state index is -3.28. The van der Waals surface area contributed by atoms with Crippen LogP contribution in [0.15, 0.2) is 36.7 Å². The number of aromatic nitrogens is 3. The largest absolute Gasteiger partial charge is 0.474 e. The molecule has 2 aliphatic heterocycles. The average molecular weight is 595 g/mol. The summed E-state index contributed by atoms with van der Waals surface area (Å²) in [7, 11) is -3.28. The molecule has 4 heterocycles. The van der Waals surface area contributed by atoms with Gasteiger partial charge in [-0.25, -0.2) is 28.2 Å². The fourth-order valence-corrected chi connectivity index (χ4v) is 5.58. The molecule has 0 saturated carbocycles. The zero-order chi connectivity index (χ0) is 30.4. The average Bonchev–Trinajstić information content (AvgIpc) is 2.91. The number of amides is 1. The van der Waals surface area contributed by atoms with Gasteiger partial charge in [0.2, 0.25) is 11.8 Å². The maximum absolute atomic E-state index is 13.0. The SMILES string of the molecule is Cc1c(N2CCc3cnc(Nc4ccc(C(C)(C)S(C)(=O)=O)cc4)nc3C2)cnc2c1N(C(=O)OC(C)(C)C)CCO2. The minimum absolute atomic E-state index is 0.347. The van der Waals surface area contributed by atoms with E-state index in [1.165, 1.54) is 6.26 Å². The minimum Gasteiger partial charge on any atom is -0.474 e. The normalized spacial score (nSPS) is 15.4. The predicted octanol–water partition coefficient (Wildman–Crippen LogP) is 4.90. The fourth-order valence-electron chi connectivity index (χ4n) is 5.01. The first-order valence-corrected chi connectivity index (χ1v) is 15.8. The first kappa shape index (κ1) is 29.6. The molecule has 0 unspecified atom stereocenters. The molecule has 0 saturated heterocycles. The molecule has 42 heavy (non-hydrogen) atoms. The molecule has 0 radical (unpaired) electrons. The zero-order valence-electron chi connectivity index (χ0n) is 25.2. The lowest BCUT2D eigenvalue weighted by Crippen LogP contribution is -2.42. The standard InChI is InChI=1S/C30H38N6O5S/c1-19-24(17-31-26-25(19)36(14-15-40-26)28(37)41-29(2,3)4)35-13-12-20-16-32-27(34-23(20)18-35)33-22-10-8-21(9-11-22)30(5,6)42(7,38)39/h8-11,16-17H,12-15,18H2,1-7H3,(H,32,33,34). The highest BCUT2D eigenvalue weighted by Gasteiger charge is 2.33. The van der Waals surface area contributed by atoms with Crippen LogP contribution in [0.25, 0.3) is 0 Å². The van der Waals surface area contributed by atoms with Crippen molar-refractivity contribution in [1.82, 2.24) is 15.0 Å². The molecule has 1 aromatic carbocycles. The van der Waals surface area contributed by atoms with Crippen LogP contribution in [0, 0.1) is 6.92 Å². The lowest BCUT2D eigenvalue weighted by Gasteiger charge is -2.35. The summed E-state index contributed by atoms with van der Waals surface area (Å²) in [5, 5.41) is 3.24. The lowest BCUT2D eigenvalue weighted by atomic mass is 10.0. The Bertz CT molecular complexity index is 1620. The third-order valence-corrected chi connectivity index (χ3v) is 9.82. The van der Waals surface area contributed by atoms with Gasteiger partial charge in [0.15, 0.2) is 9.84 Å². The lowest BCUT2D eigenvalue weighted by molar-refractivity contribution is 0.0566. The predicted molar refractivity (Wildman–Crippen MR) is 162 cm³/mol. The Morgan fingerprint density at radius 2 is 1.76 bits per heavy atom. The zero-order valence-corrected chi connectivity index (χ0v) is 26.0. The van der Waals surface area contributed by atoms with Gasteiger partial charge in [0.25, 0.3) is 0 Å². The number of nitrogens with one attached hydrogen (secondary N) is 1. The van der Waals surface area contributed by atoms with Crippen molar-refractivity contribution in [1.29, 1.82) is 0 Å². The number of rotatable bonds is 5. The van der Waals surface area contributed by atoms with Crippen molar-refractivity contribution in [3.8, 4) is 5.88 Å². The second kappa shape index (κ2) is 10.7. The number of anilines is 4. The molecule has 1 N–H and O–H groups in total. The number of nitrogens with zero attached hydrogens (tertiary/aromatic N) is 5. The number of pyridine rings is 1. The molecule has 11 nitrogen and oxygen atoms in total. The molecule has 0 fully saturated rings. The van der Waals surface area contributed by atoms with Crippen molar-refractivity contribution in [3.63, 3.8) is 0 Å². The van der Waals surface area contributed by atoms with Crippen LogP contribution in [0.3, 0.4) is 0 Å². The van der Waals surface area contributed by atoms with Crippen molar-refractivity contribution in [2.45, 2.75) is 64.9 Å². The Morgan fingerprint density at radius 3 is 2.43 bits per heavy atom. The van der Waals surface area contributed by atoms with Crippen LogP contribution in [-0.2, 0) is 32.3 Å². The molecule has 1 amide bonds. The van der Waals surface area contributed by atoms with E-state index in [0.717, 1.165) is 41.2 Å². The molecule has 0 bridgehead atoms. The molecule has 0 spiro atoms. The maximum atomic E-state index is 13.0. The van der Waals surface area contributed by atoms with Crippen LogP contribution in [0.5, 0.6) is 5.88 Å². The van der Waals surface area contributed by atoms with Gasteiger partial charge >= 0.3 is 6.09 Å². The van der Waals surface area contributed by atoms with E-state index >= 15 is 0 Å². The first-order valence-electron chi connectivity index (χ1n) is 13.9.